The van der Waals surface area contributed by atoms with Crippen molar-refractivity contribution in [3.05, 3.63) is 29.3 Å². The number of piperidine rings is 1. The molecule has 0 unspecified atom stereocenters. The van der Waals surface area contributed by atoms with Gasteiger partial charge in [0.1, 0.15) is 0 Å². The van der Waals surface area contributed by atoms with E-state index in [4.69, 9.17) is 5.11 Å². The standard InChI is InChI=1S/C13H17NO2/c1-10-9-11(13(15)16)5-6-12(10)14-7-3-2-4-8-14/h5-6,9H,2-4,7-8H2,1H3,(H,15,16). The van der Waals surface area contributed by atoms with Crippen molar-refractivity contribution < 1.29 is 9.90 Å². The van der Waals surface area contributed by atoms with Crippen molar-refractivity contribution in [1.82, 2.24) is 0 Å². The molecule has 2 rings (SSSR count). The Bertz CT molecular complexity index is 395. The molecule has 1 N–H and O–H groups in total. The van der Waals surface area contributed by atoms with Gasteiger partial charge in [0.2, 0.25) is 0 Å². The first-order valence-electron chi connectivity index (χ1n) is 5.77. The third-order valence-corrected chi connectivity index (χ3v) is 3.14. The number of benzene rings is 1. The second kappa shape index (κ2) is 4.56. The summed E-state index contributed by atoms with van der Waals surface area (Å²) in [6, 6.07) is 5.38. The molecule has 1 aromatic rings. The van der Waals surface area contributed by atoms with Gasteiger partial charge in [-0.25, -0.2) is 4.79 Å². The maximum Gasteiger partial charge on any atom is 0.335 e. The van der Waals surface area contributed by atoms with Crippen LogP contribution in [0.25, 0.3) is 0 Å². The van der Waals surface area contributed by atoms with Gasteiger partial charge in [-0.2, -0.15) is 0 Å². The summed E-state index contributed by atoms with van der Waals surface area (Å²) in [6.07, 6.45) is 3.78. The highest BCUT2D eigenvalue weighted by atomic mass is 16.4. The Morgan fingerprint density at radius 1 is 1.25 bits per heavy atom. The van der Waals surface area contributed by atoms with Crippen LogP contribution in [0.4, 0.5) is 5.69 Å². The Hall–Kier alpha value is -1.51. The molecule has 0 radical (unpaired) electrons. The summed E-state index contributed by atoms with van der Waals surface area (Å²) in [5, 5.41) is 8.90. The zero-order chi connectivity index (χ0) is 11.5. The van der Waals surface area contributed by atoms with Gasteiger partial charge in [0.05, 0.1) is 5.56 Å². The van der Waals surface area contributed by atoms with Gasteiger partial charge in [-0.3, -0.25) is 0 Å². The lowest BCUT2D eigenvalue weighted by atomic mass is 10.1. The molecule has 0 spiro atoms. The summed E-state index contributed by atoms with van der Waals surface area (Å²) in [6.45, 7) is 4.16. The van der Waals surface area contributed by atoms with Crippen LogP contribution in [-0.4, -0.2) is 24.2 Å². The van der Waals surface area contributed by atoms with Crippen molar-refractivity contribution in [2.24, 2.45) is 0 Å². The third kappa shape index (κ3) is 2.18. The molecule has 0 aromatic heterocycles. The molecule has 1 aromatic carbocycles. The molecule has 1 saturated heterocycles. The van der Waals surface area contributed by atoms with Crippen LogP contribution in [0.5, 0.6) is 0 Å². The maximum atomic E-state index is 10.8. The van der Waals surface area contributed by atoms with Crippen LogP contribution >= 0.6 is 0 Å². The summed E-state index contributed by atoms with van der Waals surface area (Å²) in [5.74, 6) is -0.853. The minimum absolute atomic E-state index is 0.373. The molecule has 1 heterocycles. The summed E-state index contributed by atoms with van der Waals surface area (Å²) < 4.78 is 0. The molecule has 16 heavy (non-hydrogen) atoms. The van der Waals surface area contributed by atoms with Crippen molar-refractivity contribution in [2.45, 2.75) is 26.2 Å². The summed E-state index contributed by atoms with van der Waals surface area (Å²) in [5.41, 5.74) is 2.62. The lowest BCUT2D eigenvalue weighted by Crippen LogP contribution is -2.30. The first-order chi connectivity index (χ1) is 7.68. The Labute approximate surface area is 95.7 Å². The van der Waals surface area contributed by atoms with E-state index in [2.05, 4.69) is 4.90 Å². The molecule has 0 bridgehead atoms. The summed E-state index contributed by atoms with van der Waals surface area (Å²) >= 11 is 0. The minimum Gasteiger partial charge on any atom is -0.478 e. The highest BCUT2D eigenvalue weighted by molar-refractivity contribution is 5.88. The zero-order valence-corrected chi connectivity index (χ0v) is 9.57. The van der Waals surface area contributed by atoms with E-state index in [1.54, 1.807) is 12.1 Å². The number of carboxylic acids is 1. The van der Waals surface area contributed by atoms with Crippen molar-refractivity contribution in [3.8, 4) is 0 Å². The molecule has 0 saturated carbocycles. The van der Waals surface area contributed by atoms with Gasteiger partial charge in [0, 0.05) is 18.8 Å². The molecule has 1 aliphatic heterocycles. The third-order valence-electron chi connectivity index (χ3n) is 3.14. The van der Waals surface area contributed by atoms with Gasteiger partial charge in [0.25, 0.3) is 0 Å². The molecular formula is C13H17NO2. The Kier molecular flexibility index (Phi) is 3.13. The van der Waals surface area contributed by atoms with E-state index in [1.165, 1.54) is 24.9 Å². The average Bonchev–Trinajstić information content (AvgIpc) is 2.30. The SMILES string of the molecule is Cc1cc(C(=O)O)ccc1N1CCCCC1. The monoisotopic (exact) mass is 219 g/mol. The number of anilines is 1. The second-order valence-corrected chi connectivity index (χ2v) is 4.35. The van der Waals surface area contributed by atoms with Crippen molar-refractivity contribution in [1.29, 1.82) is 0 Å². The predicted molar refractivity (Wildman–Crippen MR) is 64.2 cm³/mol. The normalized spacial score (nSPS) is 16.2. The van der Waals surface area contributed by atoms with Gasteiger partial charge in [-0.15, -0.1) is 0 Å². The van der Waals surface area contributed by atoms with Crippen LogP contribution < -0.4 is 4.90 Å². The van der Waals surface area contributed by atoms with Crippen LogP contribution in [0, 0.1) is 6.92 Å². The second-order valence-electron chi connectivity index (χ2n) is 4.35. The predicted octanol–water partition coefficient (Wildman–Crippen LogP) is 2.68. The highest BCUT2D eigenvalue weighted by Gasteiger charge is 2.14. The number of aryl methyl sites for hydroxylation is 1. The van der Waals surface area contributed by atoms with Gasteiger partial charge < -0.3 is 10.0 Å². The molecule has 0 aliphatic carbocycles. The minimum atomic E-state index is -0.853. The fraction of sp³-hybridized carbons (Fsp3) is 0.462. The smallest absolute Gasteiger partial charge is 0.335 e. The van der Waals surface area contributed by atoms with E-state index in [9.17, 15) is 4.79 Å². The molecule has 0 amide bonds. The molecule has 1 aliphatic rings. The Morgan fingerprint density at radius 2 is 1.94 bits per heavy atom. The van der Waals surface area contributed by atoms with E-state index in [0.29, 0.717) is 5.56 Å². The average molecular weight is 219 g/mol. The number of hydrogen-bond acceptors (Lipinski definition) is 2. The van der Waals surface area contributed by atoms with Crippen molar-refractivity contribution in [2.75, 3.05) is 18.0 Å². The van der Waals surface area contributed by atoms with E-state index < -0.39 is 5.97 Å². The zero-order valence-electron chi connectivity index (χ0n) is 9.57. The van der Waals surface area contributed by atoms with Gasteiger partial charge in [-0.1, -0.05) is 0 Å². The Morgan fingerprint density at radius 3 is 2.50 bits per heavy atom. The lowest BCUT2D eigenvalue weighted by Gasteiger charge is -2.30. The topological polar surface area (TPSA) is 40.5 Å². The number of carboxylic acid groups (broad SMARTS) is 1. The van der Waals surface area contributed by atoms with Crippen LogP contribution in [0.15, 0.2) is 18.2 Å². The molecule has 3 heteroatoms. The van der Waals surface area contributed by atoms with Gasteiger partial charge in [0.15, 0.2) is 0 Å². The van der Waals surface area contributed by atoms with E-state index >= 15 is 0 Å². The number of carbonyl (C=O) groups is 1. The molecular weight excluding hydrogens is 202 g/mol. The number of nitrogens with zero attached hydrogens (tertiary/aromatic N) is 1. The first kappa shape index (κ1) is 11.0. The highest BCUT2D eigenvalue weighted by Crippen LogP contribution is 2.24. The first-order valence-corrected chi connectivity index (χ1v) is 5.77. The largest absolute Gasteiger partial charge is 0.478 e. The summed E-state index contributed by atoms with van der Waals surface area (Å²) in [4.78, 5) is 13.2. The molecule has 86 valence electrons. The van der Waals surface area contributed by atoms with Crippen molar-refractivity contribution >= 4 is 11.7 Å². The maximum absolute atomic E-state index is 10.8. The van der Waals surface area contributed by atoms with Gasteiger partial charge in [-0.05, 0) is 49.9 Å². The van der Waals surface area contributed by atoms with E-state index in [0.717, 1.165) is 18.7 Å². The van der Waals surface area contributed by atoms with Crippen LogP contribution in [0.2, 0.25) is 0 Å². The Balaban J connectivity index is 2.24. The van der Waals surface area contributed by atoms with Crippen LogP contribution in [0.3, 0.4) is 0 Å². The molecule has 3 nitrogen and oxygen atoms in total. The van der Waals surface area contributed by atoms with E-state index in [-0.39, 0.29) is 0 Å². The van der Waals surface area contributed by atoms with E-state index in [1.807, 2.05) is 13.0 Å². The summed E-state index contributed by atoms with van der Waals surface area (Å²) in [7, 11) is 0. The number of rotatable bonds is 2. The lowest BCUT2D eigenvalue weighted by molar-refractivity contribution is 0.0697. The van der Waals surface area contributed by atoms with Gasteiger partial charge >= 0.3 is 5.97 Å². The fourth-order valence-corrected chi connectivity index (χ4v) is 2.28. The molecule has 0 atom stereocenters. The van der Waals surface area contributed by atoms with Crippen LogP contribution in [0.1, 0.15) is 35.2 Å². The van der Waals surface area contributed by atoms with Crippen LogP contribution in [-0.2, 0) is 0 Å². The number of aromatic carboxylic acids is 1. The molecule has 1 fully saturated rings. The number of hydrogen-bond donors (Lipinski definition) is 1. The van der Waals surface area contributed by atoms with Crippen molar-refractivity contribution in [3.63, 3.8) is 0 Å². The fourth-order valence-electron chi connectivity index (χ4n) is 2.28. The quantitative estimate of drug-likeness (QED) is 0.831.